The molecule has 0 fully saturated rings. The van der Waals surface area contributed by atoms with Gasteiger partial charge in [-0.15, -0.1) is 0 Å². The highest BCUT2D eigenvalue weighted by Crippen LogP contribution is 2.04. The zero-order valence-electron chi connectivity index (χ0n) is 11.8. The van der Waals surface area contributed by atoms with Gasteiger partial charge in [-0.2, -0.15) is 0 Å². The van der Waals surface area contributed by atoms with Gasteiger partial charge in [0.2, 0.25) is 0 Å². The predicted molar refractivity (Wildman–Crippen MR) is 72.0 cm³/mol. The SMILES string of the molecule is CCCOC(=O)[C@H](CCC)N[C@H](O)[C@@H](N)CCC. The molecule has 0 unspecified atom stereocenters. The lowest BCUT2D eigenvalue weighted by molar-refractivity contribution is -0.147. The fourth-order valence-corrected chi connectivity index (χ4v) is 1.68. The van der Waals surface area contributed by atoms with Crippen molar-refractivity contribution in [3.63, 3.8) is 0 Å². The van der Waals surface area contributed by atoms with Crippen LogP contribution in [0.2, 0.25) is 0 Å². The summed E-state index contributed by atoms with van der Waals surface area (Å²) >= 11 is 0. The number of nitrogens with one attached hydrogen (secondary N) is 1. The first-order valence-corrected chi connectivity index (χ1v) is 6.93. The summed E-state index contributed by atoms with van der Waals surface area (Å²) in [5.41, 5.74) is 5.81. The number of hydrogen-bond acceptors (Lipinski definition) is 5. The van der Waals surface area contributed by atoms with Gasteiger partial charge < -0.3 is 15.6 Å². The van der Waals surface area contributed by atoms with Crippen LogP contribution in [0.15, 0.2) is 0 Å². The summed E-state index contributed by atoms with van der Waals surface area (Å²) in [5.74, 6) is -0.304. The fourth-order valence-electron chi connectivity index (χ4n) is 1.68. The monoisotopic (exact) mass is 260 g/mol. The minimum absolute atomic E-state index is 0.304. The molecule has 0 bridgehead atoms. The van der Waals surface area contributed by atoms with Crippen LogP contribution in [0.25, 0.3) is 0 Å². The van der Waals surface area contributed by atoms with Crippen molar-refractivity contribution >= 4 is 5.97 Å². The van der Waals surface area contributed by atoms with E-state index in [9.17, 15) is 9.90 Å². The Morgan fingerprint density at radius 1 is 1.22 bits per heavy atom. The number of aliphatic hydroxyl groups is 1. The third kappa shape index (κ3) is 6.93. The van der Waals surface area contributed by atoms with Gasteiger partial charge in [-0.25, -0.2) is 0 Å². The summed E-state index contributed by atoms with van der Waals surface area (Å²) in [6.45, 7) is 6.35. The van der Waals surface area contributed by atoms with E-state index >= 15 is 0 Å². The lowest BCUT2D eigenvalue weighted by atomic mass is 10.1. The van der Waals surface area contributed by atoms with Gasteiger partial charge in [0.15, 0.2) is 0 Å². The molecule has 0 spiro atoms. The van der Waals surface area contributed by atoms with E-state index < -0.39 is 12.3 Å². The number of nitrogens with two attached hydrogens (primary N) is 1. The van der Waals surface area contributed by atoms with Crippen LogP contribution in [-0.4, -0.2) is 36.0 Å². The zero-order valence-corrected chi connectivity index (χ0v) is 11.8. The van der Waals surface area contributed by atoms with Gasteiger partial charge >= 0.3 is 5.97 Å². The van der Waals surface area contributed by atoms with Crippen LogP contribution < -0.4 is 11.1 Å². The molecule has 0 aromatic heterocycles. The normalized spacial score (nSPS) is 16.1. The van der Waals surface area contributed by atoms with E-state index in [4.69, 9.17) is 10.5 Å². The maximum atomic E-state index is 11.8. The van der Waals surface area contributed by atoms with Gasteiger partial charge in [0, 0.05) is 6.04 Å². The molecule has 0 radical (unpaired) electrons. The molecule has 0 aliphatic rings. The van der Waals surface area contributed by atoms with Gasteiger partial charge in [0.1, 0.15) is 12.3 Å². The van der Waals surface area contributed by atoms with Crippen molar-refractivity contribution in [1.82, 2.24) is 5.32 Å². The molecule has 0 aliphatic heterocycles. The van der Waals surface area contributed by atoms with Gasteiger partial charge in [0.05, 0.1) is 6.61 Å². The second kappa shape index (κ2) is 10.3. The van der Waals surface area contributed by atoms with Gasteiger partial charge in [-0.05, 0) is 19.3 Å². The molecule has 5 heteroatoms. The number of hydrogen-bond donors (Lipinski definition) is 3. The molecule has 0 amide bonds. The Labute approximate surface area is 110 Å². The van der Waals surface area contributed by atoms with Crippen LogP contribution in [0, 0.1) is 0 Å². The van der Waals surface area contributed by atoms with E-state index in [1.807, 2.05) is 20.8 Å². The molecule has 0 aliphatic carbocycles. The highest BCUT2D eigenvalue weighted by atomic mass is 16.5. The number of esters is 1. The highest BCUT2D eigenvalue weighted by molar-refractivity contribution is 5.75. The summed E-state index contributed by atoms with van der Waals surface area (Å²) in [4.78, 5) is 11.8. The van der Waals surface area contributed by atoms with Crippen LogP contribution >= 0.6 is 0 Å². The van der Waals surface area contributed by atoms with Gasteiger partial charge in [-0.3, -0.25) is 10.1 Å². The topological polar surface area (TPSA) is 84.6 Å². The van der Waals surface area contributed by atoms with E-state index in [1.165, 1.54) is 0 Å². The van der Waals surface area contributed by atoms with Crippen molar-refractivity contribution in [2.45, 2.75) is 71.2 Å². The molecule has 4 N–H and O–H groups in total. The van der Waals surface area contributed by atoms with E-state index in [0.717, 1.165) is 25.7 Å². The molecule has 5 nitrogen and oxygen atoms in total. The molecule has 0 saturated carbocycles. The predicted octanol–water partition coefficient (Wildman–Crippen LogP) is 1.14. The van der Waals surface area contributed by atoms with Crippen LogP contribution in [0.1, 0.15) is 52.9 Å². The molecule has 0 saturated heterocycles. The maximum absolute atomic E-state index is 11.8. The highest BCUT2D eigenvalue weighted by Gasteiger charge is 2.24. The number of rotatable bonds is 10. The maximum Gasteiger partial charge on any atom is 0.323 e. The van der Waals surface area contributed by atoms with Crippen LogP contribution in [0.3, 0.4) is 0 Å². The van der Waals surface area contributed by atoms with Crippen molar-refractivity contribution in [1.29, 1.82) is 0 Å². The molecule has 3 atom stereocenters. The van der Waals surface area contributed by atoms with Crippen LogP contribution in [0.4, 0.5) is 0 Å². The Hall–Kier alpha value is -0.650. The summed E-state index contributed by atoms with van der Waals surface area (Å²) in [6, 6.07) is -0.826. The largest absolute Gasteiger partial charge is 0.465 e. The van der Waals surface area contributed by atoms with E-state index in [0.29, 0.717) is 13.0 Å². The number of aliphatic hydroxyl groups excluding tert-OH is 1. The van der Waals surface area contributed by atoms with Crippen molar-refractivity contribution in [3.8, 4) is 0 Å². The average molecular weight is 260 g/mol. The quantitative estimate of drug-likeness (QED) is 0.405. The lowest BCUT2D eigenvalue weighted by Gasteiger charge is -2.24. The summed E-state index contributed by atoms with van der Waals surface area (Å²) in [6.07, 6.45) is 3.03. The number of carbonyl (C=O) groups excluding carboxylic acids is 1. The molecule has 108 valence electrons. The Balaban J connectivity index is 4.28. The molecule has 0 heterocycles. The molecular formula is C13H28N2O3. The van der Waals surface area contributed by atoms with E-state index in [1.54, 1.807) is 0 Å². The van der Waals surface area contributed by atoms with Crippen molar-refractivity contribution in [2.75, 3.05) is 6.61 Å². The van der Waals surface area contributed by atoms with Crippen LogP contribution in [-0.2, 0) is 9.53 Å². The second-order valence-electron chi connectivity index (χ2n) is 4.57. The summed E-state index contributed by atoms with van der Waals surface area (Å²) in [7, 11) is 0. The van der Waals surface area contributed by atoms with Crippen molar-refractivity contribution < 1.29 is 14.6 Å². The first-order chi connectivity index (χ1) is 8.56. The Morgan fingerprint density at radius 2 is 1.83 bits per heavy atom. The third-order valence-corrected chi connectivity index (χ3v) is 2.71. The number of ether oxygens (including phenoxy) is 1. The lowest BCUT2D eigenvalue weighted by Crippen LogP contribution is -2.52. The second-order valence-corrected chi connectivity index (χ2v) is 4.57. The smallest absolute Gasteiger partial charge is 0.323 e. The summed E-state index contributed by atoms with van der Waals surface area (Å²) < 4.78 is 5.09. The first kappa shape index (κ1) is 17.4. The number of carbonyl (C=O) groups is 1. The third-order valence-electron chi connectivity index (χ3n) is 2.71. The summed E-state index contributed by atoms with van der Waals surface area (Å²) in [5, 5.41) is 12.7. The van der Waals surface area contributed by atoms with E-state index in [-0.39, 0.29) is 12.0 Å². The Kier molecular flexibility index (Phi) is 9.92. The average Bonchev–Trinajstić information content (AvgIpc) is 2.35. The first-order valence-electron chi connectivity index (χ1n) is 6.93. The van der Waals surface area contributed by atoms with Crippen molar-refractivity contribution in [3.05, 3.63) is 0 Å². The molecule has 0 aromatic carbocycles. The zero-order chi connectivity index (χ0) is 14.0. The van der Waals surface area contributed by atoms with Crippen molar-refractivity contribution in [2.24, 2.45) is 5.73 Å². The minimum Gasteiger partial charge on any atom is -0.465 e. The van der Waals surface area contributed by atoms with E-state index in [2.05, 4.69) is 5.32 Å². The van der Waals surface area contributed by atoms with Gasteiger partial charge in [-0.1, -0.05) is 33.6 Å². The Morgan fingerprint density at radius 3 is 2.33 bits per heavy atom. The Bertz CT molecular complexity index is 224. The molecule has 0 rings (SSSR count). The minimum atomic E-state index is -0.865. The molecule has 18 heavy (non-hydrogen) atoms. The fraction of sp³-hybridized carbons (Fsp3) is 0.923. The van der Waals surface area contributed by atoms with Gasteiger partial charge in [0.25, 0.3) is 0 Å². The molecular weight excluding hydrogens is 232 g/mol. The van der Waals surface area contributed by atoms with Crippen LogP contribution in [0.5, 0.6) is 0 Å². The standard InChI is InChI=1S/C13H28N2O3/c1-4-7-10(14)12(16)15-11(8-5-2)13(17)18-9-6-3/h10-12,15-16H,4-9,14H2,1-3H3/t10-,11-,12+/m0/s1. The molecule has 0 aromatic rings.